The first-order valence-corrected chi connectivity index (χ1v) is 6.30. The van der Waals surface area contributed by atoms with Crippen molar-refractivity contribution in [2.75, 3.05) is 13.2 Å². The normalized spacial score (nSPS) is 21.5. The summed E-state index contributed by atoms with van der Waals surface area (Å²) in [6.45, 7) is 2.44. The summed E-state index contributed by atoms with van der Waals surface area (Å²) in [6.07, 6.45) is 2.45. The minimum Gasteiger partial charge on any atom is -0.380 e. The number of ether oxygens (including phenoxy) is 1. The molecular weight excluding hydrogens is 206 g/mol. The smallest absolute Gasteiger partial charge is 0.0588 e. The first-order valence-electron chi connectivity index (χ1n) is 5.42. The van der Waals surface area contributed by atoms with Crippen molar-refractivity contribution < 1.29 is 4.74 Å². The molecule has 0 bridgehead atoms. The first-order chi connectivity index (χ1) is 7.38. The minimum absolute atomic E-state index is 0.617. The molecule has 0 spiro atoms. The Morgan fingerprint density at radius 2 is 2.40 bits per heavy atom. The summed E-state index contributed by atoms with van der Waals surface area (Å²) in [7, 11) is 0. The molecule has 0 aromatic heterocycles. The molecule has 2 N–H and O–H groups in total. The van der Waals surface area contributed by atoms with Crippen LogP contribution in [0, 0.1) is 0 Å². The largest absolute Gasteiger partial charge is 0.380 e. The van der Waals surface area contributed by atoms with Crippen LogP contribution in [-0.2, 0) is 11.3 Å². The quantitative estimate of drug-likeness (QED) is 0.854. The number of benzene rings is 1. The van der Waals surface area contributed by atoms with Gasteiger partial charge in [0.1, 0.15) is 0 Å². The molecule has 1 atom stereocenters. The highest BCUT2D eigenvalue weighted by Crippen LogP contribution is 2.28. The summed E-state index contributed by atoms with van der Waals surface area (Å²) in [5.41, 5.74) is 6.82. The molecule has 1 fully saturated rings. The summed E-state index contributed by atoms with van der Waals surface area (Å²) in [5.74, 6) is 0. The minimum atomic E-state index is 0.617. The van der Waals surface area contributed by atoms with Gasteiger partial charge in [0.25, 0.3) is 0 Å². The molecule has 15 heavy (non-hydrogen) atoms. The standard InChI is InChI=1S/C12H17NOS/c13-8-10-3-1-4-11(7-10)15-12-5-2-6-14-9-12/h1,3-4,7,12H,2,5-6,8-9,13H2. The molecule has 82 valence electrons. The van der Waals surface area contributed by atoms with Crippen LogP contribution in [0.1, 0.15) is 18.4 Å². The van der Waals surface area contributed by atoms with Gasteiger partial charge in [0.15, 0.2) is 0 Å². The van der Waals surface area contributed by atoms with E-state index in [2.05, 4.69) is 24.3 Å². The average molecular weight is 223 g/mol. The molecule has 1 saturated heterocycles. The monoisotopic (exact) mass is 223 g/mol. The molecular formula is C12H17NOS. The Bertz CT molecular complexity index is 310. The third-order valence-corrected chi connectivity index (χ3v) is 3.79. The molecule has 2 rings (SSSR count). The lowest BCUT2D eigenvalue weighted by atomic mass is 10.2. The van der Waals surface area contributed by atoms with Gasteiger partial charge < -0.3 is 10.5 Å². The number of rotatable bonds is 3. The van der Waals surface area contributed by atoms with Crippen LogP contribution in [0.2, 0.25) is 0 Å². The number of thioether (sulfide) groups is 1. The van der Waals surface area contributed by atoms with Crippen molar-refractivity contribution in [1.29, 1.82) is 0 Å². The second-order valence-electron chi connectivity index (χ2n) is 3.81. The van der Waals surface area contributed by atoms with Crippen molar-refractivity contribution in [3.8, 4) is 0 Å². The second-order valence-corrected chi connectivity index (χ2v) is 5.18. The number of hydrogen-bond acceptors (Lipinski definition) is 3. The Kier molecular flexibility index (Phi) is 4.06. The van der Waals surface area contributed by atoms with E-state index in [-0.39, 0.29) is 0 Å². The van der Waals surface area contributed by atoms with Crippen molar-refractivity contribution in [3.05, 3.63) is 29.8 Å². The zero-order valence-electron chi connectivity index (χ0n) is 8.82. The Morgan fingerprint density at radius 3 is 3.13 bits per heavy atom. The fourth-order valence-electron chi connectivity index (χ4n) is 1.74. The van der Waals surface area contributed by atoms with Gasteiger partial charge in [-0.05, 0) is 30.5 Å². The maximum atomic E-state index is 5.62. The van der Waals surface area contributed by atoms with E-state index in [9.17, 15) is 0 Å². The first kappa shape index (κ1) is 11.0. The third kappa shape index (κ3) is 3.23. The van der Waals surface area contributed by atoms with Crippen molar-refractivity contribution in [3.63, 3.8) is 0 Å². The molecule has 0 amide bonds. The van der Waals surface area contributed by atoms with E-state index in [1.165, 1.54) is 23.3 Å². The van der Waals surface area contributed by atoms with E-state index in [4.69, 9.17) is 10.5 Å². The van der Waals surface area contributed by atoms with Crippen LogP contribution in [0.5, 0.6) is 0 Å². The van der Waals surface area contributed by atoms with Crippen LogP contribution in [0.25, 0.3) is 0 Å². The fourth-order valence-corrected chi connectivity index (χ4v) is 2.95. The summed E-state index contributed by atoms with van der Waals surface area (Å²) in [5, 5.41) is 0.617. The molecule has 0 saturated carbocycles. The summed E-state index contributed by atoms with van der Waals surface area (Å²) in [6, 6.07) is 8.48. The van der Waals surface area contributed by atoms with E-state index in [0.717, 1.165) is 13.2 Å². The van der Waals surface area contributed by atoms with Gasteiger partial charge in [0.2, 0.25) is 0 Å². The maximum absolute atomic E-state index is 5.62. The van der Waals surface area contributed by atoms with Gasteiger partial charge >= 0.3 is 0 Å². The van der Waals surface area contributed by atoms with Crippen molar-refractivity contribution in [1.82, 2.24) is 0 Å². The van der Waals surface area contributed by atoms with Gasteiger partial charge in [-0.2, -0.15) is 0 Å². The van der Waals surface area contributed by atoms with Crippen LogP contribution >= 0.6 is 11.8 Å². The van der Waals surface area contributed by atoms with Crippen LogP contribution in [0.15, 0.2) is 29.2 Å². The molecule has 2 nitrogen and oxygen atoms in total. The SMILES string of the molecule is NCc1cccc(SC2CCCOC2)c1. The third-order valence-electron chi connectivity index (χ3n) is 2.56. The second kappa shape index (κ2) is 5.54. The van der Waals surface area contributed by atoms with E-state index < -0.39 is 0 Å². The lowest BCUT2D eigenvalue weighted by Crippen LogP contribution is -2.19. The van der Waals surface area contributed by atoms with E-state index in [0.29, 0.717) is 11.8 Å². The van der Waals surface area contributed by atoms with Gasteiger partial charge in [-0.25, -0.2) is 0 Å². The zero-order valence-corrected chi connectivity index (χ0v) is 9.63. The van der Waals surface area contributed by atoms with Crippen LogP contribution in [-0.4, -0.2) is 18.5 Å². The van der Waals surface area contributed by atoms with Gasteiger partial charge in [0, 0.05) is 23.3 Å². The average Bonchev–Trinajstić information content (AvgIpc) is 2.31. The highest BCUT2D eigenvalue weighted by Gasteiger charge is 2.14. The lowest BCUT2D eigenvalue weighted by molar-refractivity contribution is 0.101. The van der Waals surface area contributed by atoms with Crippen molar-refractivity contribution >= 4 is 11.8 Å². The van der Waals surface area contributed by atoms with Crippen molar-refractivity contribution in [2.24, 2.45) is 5.73 Å². The van der Waals surface area contributed by atoms with Crippen LogP contribution < -0.4 is 5.73 Å². The van der Waals surface area contributed by atoms with Gasteiger partial charge in [0.05, 0.1) is 6.61 Å². The predicted molar refractivity (Wildman–Crippen MR) is 64.0 cm³/mol. The molecule has 1 unspecified atom stereocenters. The van der Waals surface area contributed by atoms with Gasteiger partial charge in [-0.3, -0.25) is 0 Å². The Morgan fingerprint density at radius 1 is 1.47 bits per heavy atom. The molecule has 3 heteroatoms. The molecule has 1 aromatic carbocycles. The van der Waals surface area contributed by atoms with Gasteiger partial charge in [-0.15, -0.1) is 11.8 Å². The summed E-state index contributed by atoms with van der Waals surface area (Å²) < 4.78 is 5.47. The lowest BCUT2D eigenvalue weighted by Gasteiger charge is -2.21. The topological polar surface area (TPSA) is 35.2 Å². The molecule has 0 aliphatic carbocycles. The van der Waals surface area contributed by atoms with Crippen LogP contribution in [0.4, 0.5) is 0 Å². The molecule has 1 aliphatic rings. The molecule has 1 aliphatic heterocycles. The zero-order chi connectivity index (χ0) is 10.5. The highest BCUT2D eigenvalue weighted by molar-refractivity contribution is 8.00. The molecule has 0 radical (unpaired) electrons. The predicted octanol–water partition coefficient (Wildman–Crippen LogP) is 2.42. The summed E-state index contributed by atoms with van der Waals surface area (Å²) in [4.78, 5) is 1.31. The van der Waals surface area contributed by atoms with E-state index in [1.54, 1.807) is 0 Å². The molecule has 1 aromatic rings. The fraction of sp³-hybridized carbons (Fsp3) is 0.500. The maximum Gasteiger partial charge on any atom is 0.0588 e. The van der Waals surface area contributed by atoms with E-state index >= 15 is 0 Å². The van der Waals surface area contributed by atoms with E-state index in [1.807, 2.05) is 11.8 Å². The summed E-state index contributed by atoms with van der Waals surface area (Å²) >= 11 is 1.91. The highest BCUT2D eigenvalue weighted by atomic mass is 32.2. The molecule has 1 heterocycles. The number of hydrogen-bond donors (Lipinski definition) is 1. The van der Waals surface area contributed by atoms with Gasteiger partial charge in [-0.1, -0.05) is 12.1 Å². The van der Waals surface area contributed by atoms with Crippen LogP contribution in [0.3, 0.4) is 0 Å². The Labute approximate surface area is 95.2 Å². The Balaban J connectivity index is 1.96. The Hall–Kier alpha value is -0.510. The van der Waals surface area contributed by atoms with Crippen molar-refractivity contribution in [2.45, 2.75) is 29.5 Å². The number of nitrogens with two attached hydrogens (primary N) is 1.